The highest BCUT2D eigenvalue weighted by Crippen LogP contribution is 2.41. The van der Waals surface area contributed by atoms with E-state index in [1.54, 1.807) is 12.4 Å². The van der Waals surface area contributed by atoms with Crippen molar-refractivity contribution in [2.75, 3.05) is 0 Å². The van der Waals surface area contributed by atoms with Crippen molar-refractivity contribution in [2.24, 2.45) is 4.99 Å². The maximum atomic E-state index is 5.29. The highest BCUT2D eigenvalue weighted by molar-refractivity contribution is 6.07. The minimum absolute atomic E-state index is 0.339. The third kappa shape index (κ3) is 5.73. The Balaban J connectivity index is 0.961. The molecule has 1 aliphatic heterocycles. The lowest BCUT2D eigenvalue weighted by Crippen LogP contribution is -2.11. The first-order valence-electron chi connectivity index (χ1n) is 18.0. The average Bonchev–Trinajstić information content (AvgIpc) is 3.23. The molecule has 5 nitrogen and oxygen atoms in total. The van der Waals surface area contributed by atoms with Gasteiger partial charge in [-0.2, -0.15) is 0 Å². The molecule has 1 atom stereocenters. The van der Waals surface area contributed by atoms with Crippen LogP contribution in [0.1, 0.15) is 30.4 Å². The normalized spacial score (nSPS) is 14.0. The summed E-state index contributed by atoms with van der Waals surface area (Å²) in [7, 11) is 0. The molecule has 0 saturated heterocycles. The smallest absolute Gasteiger partial charge is 0.0968 e. The number of aromatic nitrogens is 4. The summed E-state index contributed by atoms with van der Waals surface area (Å²) in [5.41, 5.74) is 15.6. The second-order valence-corrected chi connectivity index (χ2v) is 13.8. The number of fused-ring (bicyclic) bond motifs is 5. The number of rotatable bonds is 5. The Morgan fingerprint density at radius 1 is 0.453 bits per heavy atom. The van der Waals surface area contributed by atoms with Gasteiger partial charge in [-0.05, 0) is 77.1 Å². The first-order valence-corrected chi connectivity index (χ1v) is 18.0. The highest BCUT2D eigenvalue weighted by atomic mass is 14.8. The van der Waals surface area contributed by atoms with Gasteiger partial charge in [0.05, 0.1) is 39.3 Å². The van der Waals surface area contributed by atoms with E-state index in [0.29, 0.717) is 5.92 Å². The molecular formula is C48H33N5. The van der Waals surface area contributed by atoms with Crippen molar-refractivity contribution in [3.63, 3.8) is 0 Å². The van der Waals surface area contributed by atoms with Crippen molar-refractivity contribution in [1.82, 2.24) is 19.9 Å². The number of hydrogen-bond donors (Lipinski definition) is 0. The van der Waals surface area contributed by atoms with Crippen molar-refractivity contribution < 1.29 is 0 Å². The first kappa shape index (κ1) is 30.9. The predicted molar refractivity (Wildman–Crippen MR) is 218 cm³/mol. The Hall–Kier alpha value is -6.85. The Kier molecular flexibility index (Phi) is 7.43. The van der Waals surface area contributed by atoms with Crippen LogP contribution in [-0.4, -0.2) is 25.6 Å². The van der Waals surface area contributed by atoms with Gasteiger partial charge in [-0.25, -0.2) is 15.0 Å². The second kappa shape index (κ2) is 12.7. The molecule has 0 fully saturated rings. The van der Waals surface area contributed by atoms with Crippen LogP contribution in [0.4, 0.5) is 5.69 Å². The van der Waals surface area contributed by atoms with Gasteiger partial charge in [0, 0.05) is 51.0 Å². The largest absolute Gasteiger partial charge is 0.265 e. The van der Waals surface area contributed by atoms with E-state index in [1.165, 1.54) is 5.56 Å². The molecule has 250 valence electrons. The summed E-state index contributed by atoms with van der Waals surface area (Å²) in [5, 5.41) is 3.31. The predicted octanol–water partition coefficient (Wildman–Crippen LogP) is 12.0. The van der Waals surface area contributed by atoms with Gasteiger partial charge in [-0.1, -0.05) is 116 Å². The molecule has 0 amide bonds. The second-order valence-electron chi connectivity index (χ2n) is 13.8. The fourth-order valence-electron chi connectivity index (χ4n) is 7.51. The quantitative estimate of drug-likeness (QED) is 0.182. The van der Waals surface area contributed by atoms with E-state index < -0.39 is 0 Å². The van der Waals surface area contributed by atoms with Gasteiger partial charge in [0.15, 0.2) is 0 Å². The van der Waals surface area contributed by atoms with Crippen LogP contribution in [-0.2, 0) is 0 Å². The van der Waals surface area contributed by atoms with Crippen LogP contribution in [0, 0.1) is 0 Å². The number of hydrogen-bond acceptors (Lipinski definition) is 5. The Morgan fingerprint density at radius 2 is 1.00 bits per heavy atom. The zero-order chi connectivity index (χ0) is 35.3. The van der Waals surface area contributed by atoms with Crippen molar-refractivity contribution in [1.29, 1.82) is 0 Å². The lowest BCUT2D eigenvalue weighted by atomic mass is 9.87. The van der Waals surface area contributed by atoms with Crippen LogP contribution in [0.25, 0.3) is 77.6 Å². The topological polar surface area (TPSA) is 63.9 Å². The fraction of sp³-hybridized carbons (Fsp3) is 0.0625. The number of benzene rings is 5. The van der Waals surface area contributed by atoms with Crippen molar-refractivity contribution in [3.8, 4) is 44.9 Å². The van der Waals surface area contributed by atoms with Gasteiger partial charge in [0.2, 0.25) is 0 Å². The van der Waals surface area contributed by atoms with Crippen LogP contribution in [0.15, 0.2) is 169 Å². The Bertz CT molecular complexity index is 2860. The lowest BCUT2D eigenvalue weighted by molar-refractivity contribution is 0.793. The Labute approximate surface area is 307 Å². The molecule has 9 aromatic rings. The van der Waals surface area contributed by atoms with Gasteiger partial charge in [-0.15, -0.1) is 0 Å². The minimum Gasteiger partial charge on any atom is -0.265 e. The molecule has 0 aliphatic carbocycles. The average molecular weight is 680 g/mol. The molecular weight excluding hydrogens is 647 g/mol. The van der Waals surface area contributed by atoms with Crippen molar-refractivity contribution in [2.45, 2.75) is 19.3 Å². The molecule has 53 heavy (non-hydrogen) atoms. The molecule has 10 rings (SSSR count). The van der Waals surface area contributed by atoms with Crippen LogP contribution >= 0.6 is 0 Å². The molecule has 5 heteroatoms. The molecule has 4 aromatic heterocycles. The monoisotopic (exact) mass is 679 g/mol. The first-order chi connectivity index (χ1) is 26.1. The number of nitrogens with zero attached hydrogens (tertiary/aromatic N) is 5. The summed E-state index contributed by atoms with van der Waals surface area (Å²) < 4.78 is 0. The summed E-state index contributed by atoms with van der Waals surface area (Å²) in [5.74, 6) is 0.339. The van der Waals surface area contributed by atoms with Gasteiger partial charge >= 0.3 is 0 Å². The SMILES string of the molecule is CC1CC(c2ccc(-c3ccc4ccc(-c5ccc6ccc(-c7ccncc7)nc6c5)nc4c3)cc2)=Nc2c1ccc1ccc(-c3ccccc3)nc21. The van der Waals surface area contributed by atoms with Crippen LogP contribution in [0.2, 0.25) is 0 Å². The number of pyridine rings is 4. The summed E-state index contributed by atoms with van der Waals surface area (Å²) in [6.45, 7) is 2.29. The molecule has 5 aromatic carbocycles. The molecule has 0 radical (unpaired) electrons. The third-order valence-electron chi connectivity index (χ3n) is 10.4. The van der Waals surface area contributed by atoms with Crippen molar-refractivity contribution >= 4 is 44.1 Å². The summed E-state index contributed by atoms with van der Waals surface area (Å²) in [6.07, 6.45) is 4.48. The van der Waals surface area contributed by atoms with E-state index in [9.17, 15) is 0 Å². The maximum Gasteiger partial charge on any atom is 0.0968 e. The van der Waals surface area contributed by atoms with E-state index in [0.717, 1.165) is 101 Å². The summed E-state index contributed by atoms with van der Waals surface area (Å²) >= 11 is 0. The molecule has 5 heterocycles. The van der Waals surface area contributed by atoms with Gasteiger partial charge in [0.1, 0.15) is 0 Å². The van der Waals surface area contributed by atoms with Crippen LogP contribution in [0.3, 0.4) is 0 Å². The van der Waals surface area contributed by atoms with Gasteiger partial charge < -0.3 is 0 Å². The summed E-state index contributed by atoms with van der Waals surface area (Å²) in [4.78, 5) is 24.7. The van der Waals surface area contributed by atoms with E-state index >= 15 is 0 Å². The molecule has 0 saturated carbocycles. The van der Waals surface area contributed by atoms with Crippen LogP contribution in [0.5, 0.6) is 0 Å². The van der Waals surface area contributed by atoms with E-state index in [4.69, 9.17) is 19.9 Å². The third-order valence-corrected chi connectivity index (χ3v) is 10.4. The highest BCUT2D eigenvalue weighted by Gasteiger charge is 2.23. The molecule has 1 unspecified atom stereocenters. The summed E-state index contributed by atoms with van der Waals surface area (Å²) in [6, 6.07) is 53.1. The van der Waals surface area contributed by atoms with E-state index in [2.05, 4.69) is 145 Å². The molecule has 0 N–H and O–H groups in total. The van der Waals surface area contributed by atoms with Crippen LogP contribution < -0.4 is 0 Å². The molecule has 1 aliphatic rings. The number of aliphatic imine (C=N–C) groups is 1. The Morgan fingerprint density at radius 3 is 1.74 bits per heavy atom. The zero-order valence-corrected chi connectivity index (χ0v) is 29.1. The van der Waals surface area contributed by atoms with E-state index in [1.807, 2.05) is 18.2 Å². The van der Waals surface area contributed by atoms with Crippen molar-refractivity contribution in [3.05, 3.63) is 175 Å². The molecule has 0 spiro atoms. The standard InChI is InChI=1S/C48H33N5/c1-30-27-44(53-48-40(30)19-15-37-18-22-42(52-47(37)48)32-5-3-2-4-6-32)33-9-7-31(8-10-33)38-13-11-34-17-21-43(51-45(34)28-38)39-14-12-35-16-20-41(50-46(35)29-39)36-23-25-49-26-24-36/h2-26,28-30H,27H2,1H3. The minimum atomic E-state index is 0.339. The van der Waals surface area contributed by atoms with Gasteiger partial charge in [-0.3, -0.25) is 9.98 Å². The molecule has 0 bridgehead atoms. The maximum absolute atomic E-state index is 5.29. The lowest BCUT2D eigenvalue weighted by Gasteiger charge is -2.23. The fourth-order valence-corrected chi connectivity index (χ4v) is 7.51. The van der Waals surface area contributed by atoms with Gasteiger partial charge in [0.25, 0.3) is 0 Å². The van der Waals surface area contributed by atoms with E-state index in [-0.39, 0.29) is 0 Å². The zero-order valence-electron chi connectivity index (χ0n) is 29.1.